The van der Waals surface area contributed by atoms with Crippen molar-refractivity contribution in [2.45, 2.75) is 12.6 Å². The van der Waals surface area contributed by atoms with E-state index in [0.717, 1.165) is 37.8 Å². The molecule has 1 aromatic carbocycles. The SMILES string of the molecule is O=C(NCCCN1CCOCC1)Nc1ccc(Oc2ccnc3[nH]cc(C(F)(F)F)c23)c(F)c1F. The molecule has 4 rings (SSSR count). The molecule has 3 N–H and O–H groups in total. The number of pyridine rings is 1. The minimum atomic E-state index is -4.72. The molecule has 0 bridgehead atoms. The van der Waals surface area contributed by atoms with Gasteiger partial charge in [-0.1, -0.05) is 0 Å². The van der Waals surface area contributed by atoms with Crippen LogP contribution in [0.3, 0.4) is 0 Å². The fourth-order valence-electron chi connectivity index (χ4n) is 3.66. The molecule has 8 nitrogen and oxygen atoms in total. The smallest absolute Gasteiger partial charge is 0.418 e. The molecular weight excluding hydrogens is 477 g/mol. The Bertz CT molecular complexity index is 1190. The summed E-state index contributed by atoms with van der Waals surface area (Å²) in [5.74, 6) is -3.90. The van der Waals surface area contributed by atoms with Crippen LogP contribution in [-0.4, -0.2) is 60.3 Å². The Morgan fingerprint density at radius 1 is 1.14 bits per heavy atom. The van der Waals surface area contributed by atoms with Gasteiger partial charge < -0.3 is 25.1 Å². The van der Waals surface area contributed by atoms with Crippen molar-refractivity contribution in [3.8, 4) is 11.5 Å². The van der Waals surface area contributed by atoms with Gasteiger partial charge in [-0.15, -0.1) is 0 Å². The molecule has 0 spiro atoms. The molecule has 1 aliphatic rings. The van der Waals surface area contributed by atoms with Crippen molar-refractivity contribution >= 4 is 22.8 Å². The fraction of sp³-hybridized carbons (Fsp3) is 0.364. The van der Waals surface area contributed by atoms with Gasteiger partial charge in [-0.3, -0.25) is 4.90 Å². The number of ether oxygens (including phenoxy) is 2. The number of anilines is 1. The predicted octanol–water partition coefficient (Wildman–Crippen LogP) is 4.50. The molecule has 0 unspecified atom stereocenters. The molecule has 0 saturated carbocycles. The zero-order valence-electron chi connectivity index (χ0n) is 18.3. The minimum absolute atomic E-state index is 0.126. The topological polar surface area (TPSA) is 91.5 Å². The number of morpholine rings is 1. The largest absolute Gasteiger partial charge is 0.453 e. The highest BCUT2D eigenvalue weighted by atomic mass is 19.4. The molecule has 3 heterocycles. The molecule has 0 atom stereocenters. The summed E-state index contributed by atoms with van der Waals surface area (Å²) in [6.07, 6.45) is -2.17. The van der Waals surface area contributed by atoms with Gasteiger partial charge in [-0.2, -0.15) is 17.6 Å². The van der Waals surface area contributed by atoms with Gasteiger partial charge in [0.2, 0.25) is 5.82 Å². The number of rotatable bonds is 7. The maximum atomic E-state index is 14.6. The number of hydrogen-bond acceptors (Lipinski definition) is 5. The van der Waals surface area contributed by atoms with Crippen molar-refractivity contribution in [2.24, 2.45) is 0 Å². The van der Waals surface area contributed by atoms with Crippen LogP contribution in [-0.2, 0) is 10.9 Å². The first kappa shape index (κ1) is 24.7. The Kier molecular flexibility index (Phi) is 7.36. The van der Waals surface area contributed by atoms with Gasteiger partial charge in [0.15, 0.2) is 11.6 Å². The van der Waals surface area contributed by atoms with E-state index < -0.39 is 46.2 Å². The molecule has 188 valence electrons. The van der Waals surface area contributed by atoms with E-state index in [1.165, 1.54) is 6.20 Å². The Morgan fingerprint density at radius 3 is 2.66 bits per heavy atom. The molecule has 35 heavy (non-hydrogen) atoms. The summed E-state index contributed by atoms with van der Waals surface area (Å²) < 4.78 is 79.6. The first-order valence-electron chi connectivity index (χ1n) is 10.8. The van der Waals surface area contributed by atoms with Gasteiger partial charge in [0.05, 0.1) is 29.9 Å². The minimum Gasteiger partial charge on any atom is -0.453 e. The zero-order valence-corrected chi connectivity index (χ0v) is 18.3. The van der Waals surface area contributed by atoms with Crippen molar-refractivity contribution in [1.82, 2.24) is 20.2 Å². The van der Waals surface area contributed by atoms with Gasteiger partial charge in [0.25, 0.3) is 0 Å². The van der Waals surface area contributed by atoms with E-state index in [2.05, 4.69) is 25.5 Å². The third-order valence-electron chi connectivity index (χ3n) is 5.40. The lowest BCUT2D eigenvalue weighted by atomic mass is 10.2. The van der Waals surface area contributed by atoms with Crippen LogP contribution in [0.1, 0.15) is 12.0 Å². The number of urea groups is 1. The Balaban J connectivity index is 1.40. The summed E-state index contributed by atoms with van der Waals surface area (Å²) in [7, 11) is 0. The number of carbonyl (C=O) groups excluding carboxylic acids is 1. The summed E-state index contributed by atoms with van der Waals surface area (Å²) in [6, 6.07) is 2.45. The van der Waals surface area contributed by atoms with Crippen LogP contribution >= 0.6 is 0 Å². The number of H-pyrrole nitrogens is 1. The first-order valence-corrected chi connectivity index (χ1v) is 10.8. The second-order valence-electron chi connectivity index (χ2n) is 7.76. The molecule has 13 heteroatoms. The summed E-state index contributed by atoms with van der Waals surface area (Å²) in [4.78, 5) is 20.4. The van der Waals surface area contributed by atoms with E-state index in [1.807, 2.05) is 0 Å². The van der Waals surface area contributed by atoms with Gasteiger partial charge in [-0.25, -0.2) is 14.2 Å². The maximum absolute atomic E-state index is 14.6. The molecule has 1 aliphatic heterocycles. The average Bonchev–Trinajstić information content (AvgIpc) is 3.28. The van der Waals surface area contributed by atoms with E-state index in [0.29, 0.717) is 32.4 Å². The van der Waals surface area contributed by atoms with Crippen LogP contribution < -0.4 is 15.4 Å². The van der Waals surface area contributed by atoms with E-state index in [4.69, 9.17) is 9.47 Å². The number of hydrogen-bond donors (Lipinski definition) is 3. The van der Waals surface area contributed by atoms with Crippen LogP contribution in [0, 0.1) is 11.6 Å². The quantitative estimate of drug-likeness (QED) is 0.329. The summed E-state index contributed by atoms with van der Waals surface area (Å²) >= 11 is 0. The fourth-order valence-corrected chi connectivity index (χ4v) is 3.66. The maximum Gasteiger partial charge on any atom is 0.418 e. The normalized spacial score (nSPS) is 14.8. The van der Waals surface area contributed by atoms with Crippen LogP contribution in [0.15, 0.2) is 30.6 Å². The number of nitrogens with zero attached hydrogens (tertiary/aromatic N) is 2. The lowest BCUT2D eigenvalue weighted by Gasteiger charge is -2.26. The highest BCUT2D eigenvalue weighted by Gasteiger charge is 2.35. The van der Waals surface area contributed by atoms with Gasteiger partial charge in [-0.05, 0) is 31.2 Å². The highest BCUT2D eigenvalue weighted by Crippen LogP contribution is 2.40. The van der Waals surface area contributed by atoms with Gasteiger partial charge in [0.1, 0.15) is 11.4 Å². The average molecular weight is 499 g/mol. The standard InChI is InChI=1S/C22H22F5N5O3/c23-18-14(31-21(33)29-5-1-7-32-8-10-34-11-9-32)2-3-16(19(18)24)35-15-4-6-28-20-17(15)13(12-30-20)22(25,26)27/h2-4,6,12H,1,5,7-11H2,(H,28,30)(H2,29,31,33). The Morgan fingerprint density at radius 2 is 1.91 bits per heavy atom. The molecule has 1 fully saturated rings. The number of fused-ring (bicyclic) bond motifs is 1. The molecule has 0 radical (unpaired) electrons. The van der Waals surface area contributed by atoms with Crippen LogP contribution in [0.2, 0.25) is 0 Å². The number of benzene rings is 1. The van der Waals surface area contributed by atoms with Crippen LogP contribution in [0.4, 0.5) is 32.4 Å². The molecule has 0 aliphatic carbocycles. The number of aromatic amines is 1. The molecule has 3 aromatic rings. The number of alkyl halides is 3. The third kappa shape index (κ3) is 5.80. The second-order valence-corrected chi connectivity index (χ2v) is 7.76. The number of aromatic nitrogens is 2. The highest BCUT2D eigenvalue weighted by molar-refractivity contribution is 5.89. The predicted molar refractivity (Wildman–Crippen MR) is 116 cm³/mol. The summed E-state index contributed by atoms with van der Waals surface area (Å²) in [5, 5.41) is 4.36. The molecule has 2 aromatic heterocycles. The zero-order chi connectivity index (χ0) is 25.0. The Labute approximate surface area is 196 Å². The van der Waals surface area contributed by atoms with E-state index >= 15 is 0 Å². The van der Waals surface area contributed by atoms with Crippen LogP contribution in [0.5, 0.6) is 11.5 Å². The van der Waals surface area contributed by atoms with Crippen LogP contribution in [0.25, 0.3) is 11.0 Å². The van der Waals surface area contributed by atoms with Gasteiger partial charge >= 0.3 is 12.2 Å². The van der Waals surface area contributed by atoms with Crippen molar-refractivity contribution in [3.63, 3.8) is 0 Å². The van der Waals surface area contributed by atoms with Crippen molar-refractivity contribution in [3.05, 3.63) is 47.8 Å². The third-order valence-corrected chi connectivity index (χ3v) is 5.40. The number of nitrogens with one attached hydrogen (secondary N) is 3. The van der Waals surface area contributed by atoms with E-state index in [-0.39, 0.29) is 11.4 Å². The van der Waals surface area contributed by atoms with Crippen molar-refractivity contribution in [1.29, 1.82) is 0 Å². The Hall–Kier alpha value is -3.45. The summed E-state index contributed by atoms with van der Waals surface area (Å²) in [6.45, 7) is 4.05. The molecular formula is C22H22F5N5O3. The molecule has 2 amide bonds. The monoisotopic (exact) mass is 499 g/mol. The first-order chi connectivity index (χ1) is 16.7. The lowest BCUT2D eigenvalue weighted by molar-refractivity contribution is -0.136. The summed E-state index contributed by atoms with van der Waals surface area (Å²) in [5.41, 5.74) is -1.63. The number of carbonyl (C=O) groups is 1. The second kappa shape index (κ2) is 10.4. The lowest BCUT2D eigenvalue weighted by Crippen LogP contribution is -2.38. The van der Waals surface area contributed by atoms with E-state index in [1.54, 1.807) is 0 Å². The van der Waals surface area contributed by atoms with Crippen molar-refractivity contribution < 1.29 is 36.2 Å². The van der Waals surface area contributed by atoms with Gasteiger partial charge in [0, 0.05) is 32.0 Å². The molecule has 1 saturated heterocycles. The number of halogens is 5. The van der Waals surface area contributed by atoms with E-state index in [9.17, 15) is 26.7 Å². The van der Waals surface area contributed by atoms with Crippen molar-refractivity contribution in [2.75, 3.05) is 44.7 Å². The number of amides is 2.